The third kappa shape index (κ3) is 6.30. The van der Waals surface area contributed by atoms with E-state index in [4.69, 9.17) is 10.8 Å². The minimum Gasteiger partial charge on any atom is -0.480 e. The first-order valence-corrected chi connectivity index (χ1v) is 8.79. The van der Waals surface area contributed by atoms with Crippen LogP contribution in [-0.4, -0.2) is 70.7 Å². The molecule has 0 fully saturated rings. The lowest BCUT2D eigenvalue weighted by Gasteiger charge is -2.16. The van der Waals surface area contributed by atoms with Crippen molar-refractivity contribution in [2.45, 2.75) is 18.5 Å². The highest BCUT2D eigenvalue weighted by Crippen LogP contribution is 2.18. The van der Waals surface area contributed by atoms with Crippen LogP contribution in [0, 0.1) is 0 Å². The fraction of sp³-hybridized carbons (Fsp3) is 0.333. The van der Waals surface area contributed by atoms with Gasteiger partial charge in [0.25, 0.3) is 0 Å². The van der Waals surface area contributed by atoms with Crippen molar-refractivity contribution in [2.24, 2.45) is 5.73 Å². The van der Waals surface area contributed by atoms with Gasteiger partial charge in [0, 0.05) is 17.1 Å². The molecule has 0 aliphatic carbocycles. The molecule has 1 heterocycles. The lowest BCUT2D eigenvalue weighted by Crippen LogP contribution is -2.53. The Morgan fingerprint density at radius 3 is 2.45 bits per heavy atom. The normalized spacial score (nSPS) is 12.8. The van der Waals surface area contributed by atoms with Gasteiger partial charge in [-0.2, -0.15) is 0 Å². The van der Waals surface area contributed by atoms with Gasteiger partial charge in [-0.05, 0) is 18.1 Å². The highest BCUT2D eigenvalue weighted by molar-refractivity contribution is 5.92. The number of aliphatic carboxylic acids is 1. The number of nitrogens with two attached hydrogens (primary N) is 1. The van der Waals surface area contributed by atoms with Crippen LogP contribution in [0.3, 0.4) is 0 Å². The molecule has 156 valence electrons. The number of amides is 3. The van der Waals surface area contributed by atoms with Crippen LogP contribution in [0.25, 0.3) is 10.9 Å². The number of hydrogen-bond acceptors (Lipinski definition) is 6. The molecule has 0 bridgehead atoms. The van der Waals surface area contributed by atoms with Gasteiger partial charge >= 0.3 is 5.97 Å². The predicted octanol–water partition coefficient (Wildman–Crippen LogP) is -2.17. The molecule has 2 rings (SSSR count). The summed E-state index contributed by atoms with van der Waals surface area (Å²) in [7, 11) is 0. The number of benzene rings is 1. The summed E-state index contributed by atoms with van der Waals surface area (Å²) in [6.07, 6.45) is 2.03. The number of hydrogen-bond donors (Lipinski definition) is 7. The van der Waals surface area contributed by atoms with Crippen molar-refractivity contribution in [2.75, 3.05) is 19.7 Å². The Morgan fingerprint density at radius 2 is 1.76 bits per heavy atom. The Bertz CT molecular complexity index is 896. The standard InChI is InChI=1S/C18H23N5O6/c19-12(5-10-6-20-13-4-2-1-3-11(10)13)17(28)21-7-15(25)23-14(9-24)18(29)22-8-16(26)27/h1-4,6,12,14,20,24H,5,7-9,19H2,(H,21,28)(H,22,29)(H,23,25)(H,26,27). The van der Waals surface area contributed by atoms with Gasteiger partial charge in [0.05, 0.1) is 19.2 Å². The van der Waals surface area contributed by atoms with E-state index in [1.165, 1.54) is 0 Å². The summed E-state index contributed by atoms with van der Waals surface area (Å²) in [5.74, 6) is -3.41. The van der Waals surface area contributed by atoms with Gasteiger partial charge in [0.2, 0.25) is 17.7 Å². The maximum atomic E-state index is 12.2. The fourth-order valence-corrected chi connectivity index (χ4v) is 2.65. The summed E-state index contributed by atoms with van der Waals surface area (Å²) in [6.45, 7) is -1.83. The van der Waals surface area contributed by atoms with Crippen molar-refractivity contribution in [1.82, 2.24) is 20.9 Å². The van der Waals surface area contributed by atoms with E-state index in [-0.39, 0.29) is 6.42 Å². The van der Waals surface area contributed by atoms with Crippen LogP contribution < -0.4 is 21.7 Å². The zero-order valence-corrected chi connectivity index (χ0v) is 15.5. The Morgan fingerprint density at radius 1 is 1.07 bits per heavy atom. The Hall–Kier alpha value is -3.44. The monoisotopic (exact) mass is 405 g/mol. The molecule has 1 aromatic carbocycles. The zero-order chi connectivity index (χ0) is 21.4. The molecule has 3 amide bonds. The highest BCUT2D eigenvalue weighted by Gasteiger charge is 2.21. The molecule has 0 aliphatic rings. The Kier molecular flexibility index (Phi) is 7.69. The number of carboxylic acid groups (broad SMARTS) is 1. The minimum atomic E-state index is -1.33. The molecule has 2 atom stereocenters. The maximum absolute atomic E-state index is 12.2. The molecule has 1 aromatic heterocycles. The summed E-state index contributed by atoms with van der Waals surface area (Å²) in [4.78, 5) is 49.3. The fourth-order valence-electron chi connectivity index (χ4n) is 2.65. The summed E-state index contributed by atoms with van der Waals surface area (Å²) in [5.41, 5.74) is 7.70. The van der Waals surface area contributed by atoms with E-state index in [2.05, 4.69) is 15.6 Å². The summed E-state index contributed by atoms with van der Waals surface area (Å²) < 4.78 is 0. The van der Waals surface area contributed by atoms with Crippen molar-refractivity contribution in [3.8, 4) is 0 Å². The van der Waals surface area contributed by atoms with E-state index in [9.17, 15) is 24.3 Å². The molecular formula is C18H23N5O6. The number of aliphatic hydroxyl groups excluding tert-OH is 1. The van der Waals surface area contributed by atoms with E-state index in [0.29, 0.717) is 0 Å². The molecule has 8 N–H and O–H groups in total. The largest absolute Gasteiger partial charge is 0.480 e. The van der Waals surface area contributed by atoms with Crippen LogP contribution in [0.4, 0.5) is 0 Å². The Balaban J connectivity index is 1.81. The molecule has 11 nitrogen and oxygen atoms in total. The molecule has 2 aromatic rings. The second kappa shape index (κ2) is 10.2. The number of carboxylic acids is 1. The van der Waals surface area contributed by atoms with Crippen molar-refractivity contribution < 1.29 is 29.4 Å². The van der Waals surface area contributed by atoms with Gasteiger partial charge in [0.15, 0.2) is 0 Å². The number of rotatable bonds is 10. The minimum absolute atomic E-state index is 0.258. The summed E-state index contributed by atoms with van der Waals surface area (Å²) >= 11 is 0. The SMILES string of the molecule is NC(Cc1c[nH]c2ccccc12)C(=O)NCC(=O)NC(CO)C(=O)NCC(=O)O. The molecule has 0 saturated carbocycles. The zero-order valence-electron chi connectivity index (χ0n) is 15.5. The average molecular weight is 405 g/mol. The third-order valence-corrected chi connectivity index (χ3v) is 4.12. The number of carbonyl (C=O) groups is 4. The van der Waals surface area contributed by atoms with E-state index in [0.717, 1.165) is 16.5 Å². The van der Waals surface area contributed by atoms with Crippen LogP contribution in [0.5, 0.6) is 0 Å². The van der Waals surface area contributed by atoms with Crippen LogP contribution in [0.15, 0.2) is 30.5 Å². The number of carbonyl (C=O) groups excluding carboxylic acids is 3. The molecule has 0 saturated heterocycles. The molecule has 11 heteroatoms. The van der Waals surface area contributed by atoms with Crippen molar-refractivity contribution in [3.05, 3.63) is 36.0 Å². The lowest BCUT2D eigenvalue weighted by atomic mass is 10.1. The van der Waals surface area contributed by atoms with Crippen molar-refractivity contribution in [3.63, 3.8) is 0 Å². The number of fused-ring (bicyclic) bond motifs is 1. The van der Waals surface area contributed by atoms with Crippen molar-refractivity contribution >= 4 is 34.6 Å². The maximum Gasteiger partial charge on any atom is 0.322 e. The smallest absolute Gasteiger partial charge is 0.322 e. The molecule has 0 aliphatic heterocycles. The van der Waals surface area contributed by atoms with Gasteiger partial charge in [-0.3, -0.25) is 19.2 Å². The van der Waals surface area contributed by atoms with E-state index >= 15 is 0 Å². The van der Waals surface area contributed by atoms with Crippen LogP contribution in [0.1, 0.15) is 5.56 Å². The van der Waals surface area contributed by atoms with Gasteiger partial charge in [0.1, 0.15) is 12.6 Å². The Labute approximate surface area is 165 Å². The highest BCUT2D eigenvalue weighted by atomic mass is 16.4. The number of aliphatic hydroxyl groups is 1. The van der Waals surface area contributed by atoms with E-state index in [1.807, 2.05) is 29.6 Å². The molecule has 2 unspecified atom stereocenters. The second-order valence-electron chi connectivity index (χ2n) is 6.30. The summed E-state index contributed by atoms with van der Waals surface area (Å²) in [5, 5.41) is 25.2. The average Bonchev–Trinajstić information content (AvgIpc) is 3.11. The lowest BCUT2D eigenvalue weighted by molar-refractivity contribution is -0.138. The van der Waals surface area contributed by atoms with Gasteiger partial charge in [-0.25, -0.2) is 0 Å². The number of aromatic nitrogens is 1. The second-order valence-corrected chi connectivity index (χ2v) is 6.30. The van der Waals surface area contributed by atoms with Gasteiger partial charge in [-0.15, -0.1) is 0 Å². The molecule has 0 radical (unpaired) electrons. The van der Waals surface area contributed by atoms with Crippen molar-refractivity contribution in [1.29, 1.82) is 0 Å². The number of para-hydroxylation sites is 1. The first-order valence-electron chi connectivity index (χ1n) is 8.79. The molecular weight excluding hydrogens is 382 g/mol. The van der Waals surface area contributed by atoms with Gasteiger partial charge < -0.3 is 36.9 Å². The third-order valence-electron chi connectivity index (χ3n) is 4.12. The number of H-pyrrole nitrogens is 1. The topological polar surface area (TPSA) is 187 Å². The van der Waals surface area contributed by atoms with Crippen LogP contribution >= 0.6 is 0 Å². The van der Waals surface area contributed by atoms with Crippen LogP contribution in [-0.2, 0) is 25.6 Å². The van der Waals surface area contributed by atoms with E-state index < -0.39 is 55.5 Å². The first-order chi connectivity index (χ1) is 13.8. The molecule has 0 spiro atoms. The predicted molar refractivity (Wildman–Crippen MR) is 103 cm³/mol. The quantitative estimate of drug-likeness (QED) is 0.234. The number of nitrogens with one attached hydrogen (secondary N) is 4. The molecule has 29 heavy (non-hydrogen) atoms. The van der Waals surface area contributed by atoms with Gasteiger partial charge in [-0.1, -0.05) is 18.2 Å². The summed E-state index contributed by atoms with van der Waals surface area (Å²) in [6, 6.07) is 5.34. The van der Waals surface area contributed by atoms with E-state index in [1.54, 1.807) is 6.20 Å². The van der Waals surface area contributed by atoms with Crippen LogP contribution in [0.2, 0.25) is 0 Å². The first kappa shape index (κ1) is 21.9. The number of aromatic amines is 1.